The number of carbonyl (C=O) groups is 2. The average Bonchev–Trinajstić information content (AvgIpc) is 2.72. The summed E-state index contributed by atoms with van der Waals surface area (Å²) in [6.45, 7) is 0.299. The average molecular weight is 378 g/mol. The molecular weight excluding hydrogens is 359 g/mol. The van der Waals surface area contributed by atoms with Gasteiger partial charge in [-0.15, -0.1) is 0 Å². The van der Waals surface area contributed by atoms with Crippen LogP contribution < -0.4 is 4.74 Å². The second kappa shape index (κ2) is 9.46. The largest absolute Gasteiger partial charge is 0.462 e. The highest BCUT2D eigenvalue weighted by Gasteiger charge is 2.12. The van der Waals surface area contributed by atoms with Gasteiger partial charge < -0.3 is 9.47 Å². The van der Waals surface area contributed by atoms with Crippen LogP contribution in [0.4, 0.5) is 4.39 Å². The van der Waals surface area contributed by atoms with Gasteiger partial charge in [-0.05, 0) is 60.9 Å². The van der Waals surface area contributed by atoms with E-state index in [0.717, 1.165) is 12.8 Å². The van der Waals surface area contributed by atoms with E-state index in [0.29, 0.717) is 12.2 Å². The number of halogens is 1. The maximum Gasteiger partial charge on any atom is 0.343 e. The number of rotatable bonds is 7. The van der Waals surface area contributed by atoms with Crippen LogP contribution in [0.5, 0.6) is 5.75 Å². The van der Waals surface area contributed by atoms with E-state index in [-0.39, 0.29) is 11.3 Å². The number of aryl methyl sites for hydroxylation is 1. The van der Waals surface area contributed by atoms with E-state index in [9.17, 15) is 14.0 Å². The van der Waals surface area contributed by atoms with Gasteiger partial charge in [0.05, 0.1) is 17.7 Å². The van der Waals surface area contributed by atoms with Crippen LogP contribution >= 0.6 is 0 Å². The van der Waals surface area contributed by atoms with E-state index < -0.39 is 17.8 Å². The molecule has 0 aliphatic heterocycles. The summed E-state index contributed by atoms with van der Waals surface area (Å²) in [7, 11) is 0. The Morgan fingerprint density at radius 3 is 2.29 bits per heavy atom. The Kier molecular flexibility index (Phi) is 6.52. The van der Waals surface area contributed by atoms with Crippen LogP contribution in [0.3, 0.4) is 0 Å². The molecule has 5 heteroatoms. The first-order valence-electron chi connectivity index (χ1n) is 8.91. The Balaban J connectivity index is 1.52. The second-order valence-corrected chi connectivity index (χ2v) is 6.15. The van der Waals surface area contributed by atoms with Gasteiger partial charge >= 0.3 is 11.9 Å². The van der Waals surface area contributed by atoms with Crippen molar-refractivity contribution >= 4 is 11.9 Å². The lowest BCUT2D eigenvalue weighted by Crippen LogP contribution is -2.10. The van der Waals surface area contributed by atoms with Crippen LogP contribution in [0.2, 0.25) is 0 Å². The van der Waals surface area contributed by atoms with Gasteiger partial charge in [-0.1, -0.05) is 36.4 Å². The zero-order valence-electron chi connectivity index (χ0n) is 15.1. The van der Waals surface area contributed by atoms with Gasteiger partial charge in [0.25, 0.3) is 0 Å². The summed E-state index contributed by atoms with van der Waals surface area (Å²) in [5.41, 5.74) is 1.70. The number of hydrogen-bond acceptors (Lipinski definition) is 4. The summed E-state index contributed by atoms with van der Waals surface area (Å²) in [4.78, 5) is 24.3. The fourth-order valence-electron chi connectivity index (χ4n) is 2.61. The summed E-state index contributed by atoms with van der Waals surface area (Å²) < 4.78 is 23.5. The summed E-state index contributed by atoms with van der Waals surface area (Å²) in [5, 5.41) is 0. The van der Waals surface area contributed by atoms with Crippen molar-refractivity contribution in [2.75, 3.05) is 6.61 Å². The first-order valence-corrected chi connectivity index (χ1v) is 8.91. The minimum Gasteiger partial charge on any atom is -0.462 e. The number of ether oxygens (including phenoxy) is 2. The molecule has 4 nitrogen and oxygen atoms in total. The number of carbonyl (C=O) groups excluding carboxylic acids is 2. The van der Waals surface area contributed by atoms with Crippen LogP contribution in [-0.2, 0) is 11.2 Å². The second-order valence-electron chi connectivity index (χ2n) is 6.15. The van der Waals surface area contributed by atoms with Crippen molar-refractivity contribution in [1.29, 1.82) is 0 Å². The van der Waals surface area contributed by atoms with Gasteiger partial charge in [0.2, 0.25) is 0 Å². The van der Waals surface area contributed by atoms with Crippen molar-refractivity contribution in [2.45, 2.75) is 12.8 Å². The van der Waals surface area contributed by atoms with E-state index in [1.807, 2.05) is 30.3 Å². The molecule has 0 radical (unpaired) electrons. The lowest BCUT2D eigenvalue weighted by Gasteiger charge is -2.08. The van der Waals surface area contributed by atoms with Gasteiger partial charge in [-0.25, -0.2) is 14.0 Å². The number of hydrogen-bond donors (Lipinski definition) is 0. The van der Waals surface area contributed by atoms with Crippen molar-refractivity contribution in [3.8, 4) is 5.75 Å². The summed E-state index contributed by atoms with van der Waals surface area (Å²) in [6, 6.07) is 21.2. The molecule has 0 saturated carbocycles. The van der Waals surface area contributed by atoms with E-state index in [1.165, 1.54) is 35.9 Å². The van der Waals surface area contributed by atoms with E-state index in [1.54, 1.807) is 18.2 Å². The van der Waals surface area contributed by atoms with Crippen LogP contribution in [-0.4, -0.2) is 18.5 Å². The molecule has 0 heterocycles. The fraction of sp³-hybridized carbons (Fsp3) is 0.130. The summed E-state index contributed by atoms with van der Waals surface area (Å²) in [5.74, 6) is -1.33. The molecule has 28 heavy (non-hydrogen) atoms. The summed E-state index contributed by atoms with van der Waals surface area (Å²) in [6.07, 6.45) is 1.54. The molecule has 0 aromatic heterocycles. The molecule has 0 N–H and O–H groups in total. The molecular formula is C23H19FO4. The van der Waals surface area contributed by atoms with Crippen molar-refractivity contribution in [3.05, 3.63) is 101 Å². The molecule has 3 aromatic carbocycles. The third-order valence-corrected chi connectivity index (χ3v) is 4.05. The zero-order chi connectivity index (χ0) is 19.8. The van der Waals surface area contributed by atoms with E-state index in [2.05, 4.69) is 0 Å². The molecule has 3 rings (SSSR count). The Labute approximate surface area is 162 Å². The Morgan fingerprint density at radius 2 is 1.54 bits per heavy atom. The highest BCUT2D eigenvalue weighted by molar-refractivity contribution is 5.92. The molecule has 0 saturated heterocycles. The van der Waals surface area contributed by atoms with Gasteiger partial charge in [-0.3, -0.25) is 0 Å². The van der Waals surface area contributed by atoms with Crippen LogP contribution in [0.1, 0.15) is 32.7 Å². The highest BCUT2D eigenvalue weighted by Crippen LogP contribution is 2.16. The lowest BCUT2D eigenvalue weighted by molar-refractivity contribution is 0.0498. The molecule has 0 aliphatic rings. The SMILES string of the molecule is O=C(OCCCc1ccccc1)c1cccc(OC(=O)c2ccc(F)cc2)c1. The molecule has 0 atom stereocenters. The van der Waals surface area contributed by atoms with Crippen molar-refractivity contribution in [3.63, 3.8) is 0 Å². The minimum atomic E-state index is -0.631. The zero-order valence-corrected chi connectivity index (χ0v) is 15.1. The molecule has 0 unspecified atom stereocenters. The lowest BCUT2D eigenvalue weighted by atomic mass is 10.1. The highest BCUT2D eigenvalue weighted by atomic mass is 19.1. The van der Waals surface area contributed by atoms with Gasteiger partial charge in [0.1, 0.15) is 11.6 Å². The predicted octanol–water partition coefficient (Wildman–Crippen LogP) is 4.83. The van der Waals surface area contributed by atoms with E-state index in [4.69, 9.17) is 9.47 Å². The predicted molar refractivity (Wildman–Crippen MR) is 103 cm³/mol. The maximum atomic E-state index is 12.9. The molecule has 0 bridgehead atoms. The molecule has 0 fully saturated rings. The minimum absolute atomic E-state index is 0.216. The van der Waals surface area contributed by atoms with Crippen LogP contribution in [0.15, 0.2) is 78.9 Å². The number of esters is 2. The quantitative estimate of drug-likeness (QED) is 0.336. The topological polar surface area (TPSA) is 52.6 Å². The van der Waals surface area contributed by atoms with Crippen molar-refractivity contribution in [2.24, 2.45) is 0 Å². The van der Waals surface area contributed by atoms with Gasteiger partial charge in [-0.2, -0.15) is 0 Å². The molecule has 0 aliphatic carbocycles. The van der Waals surface area contributed by atoms with E-state index >= 15 is 0 Å². The number of benzene rings is 3. The Bertz CT molecular complexity index is 936. The van der Waals surface area contributed by atoms with Gasteiger partial charge in [0, 0.05) is 0 Å². The monoisotopic (exact) mass is 378 g/mol. The third-order valence-electron chi connectivity index (χ3n) is 4.05. The molecule has 0 spiro atoms. The van der Waals surface area contributed by atoms with Crippen LogP contribution in [0, 0.1) is 5.82 Å². The molecule has 142 valence electrons. The van der Waals surface area contributed by atoms with Gasteiger partial charge in [0.15, 0.2) is 0 Å². The molecule has 3 aromatic rings. The first-order chi connectivity index (χ1) is 13.6. The molecule has 0 amide bonds. The van der Waals surface area contributed by atoms with Crippen molar-refractivity contribution in [1.82, 2.24) is 0 Å². The van der Waals surface area contributed by atoms with Crippen LogP contribution in [0.25, 0.3) is 0 Å². The summed E-state index contributed by atoms with van der Waals surface area (Å²) >= 11 is 0. The normalized spacial score (nSPS) is 10.3. The fourth-order valence-corrected chi connectivity index (χ4v) is 2.61. The first kappa shape index (κ1) is 19.3. The third kappa shape index (κ3) is 5.51. The van der Waals surface area contributed by atoms with Crippen molar-refractivity contribution < 1.29 is 23.5 Å². The Morgan fingerprint density at radius 1 is 0.786 bits per heavy atom. The smallest absolute Gasteiger partial charge is 0.343 e. The Hall–Kier alpha value is -3.47. The standard InChI is InChI=1S/C23H19FO4/c24-20-13-11-18(12-14-20)23(26)28-21-10-4-9-19(16-21)22(25)27-15-5-8-17-6-2-1-3-7-17/h1-4,6-7,9-14,16H,5,8,15H2. The maximum absolute atomic E-state index is 12.9.